The summed E-state index contributed by atoms with van der Waals surface area (Å²) in [5.74, 6) is 0.756. The second-order valence-corrected chi connectivity index (χ2v) is 42.6. The van der Waals surface area contributed by atoms with E-state index in [2.05, 4.69) is 139 Å². The number of benzene rings is 4. The zero-order valence-corrected chi connectivity index (χ0v) is 66.6. The van der Waals surface area contributed by atoms with Crippen LogP contribution in [0.3, 0.4) is 0 Å². The fourth-order valence-electron chi connectivity index (χ4n) is 13.4. The van der Waals surface area contributed by atoms with Gasteiger partial charge in [-0.25, -0.2) is 24.9 Å². The van der Waals surface area contributed by atoms with Crippen molar-refractivity contribution in [3.05, 3.63) is 195 Å². The number of rotatable bonds is 0. The first-order valence-corrected chi connectivity index (χ1v) is 42.2. The zero-order chi connectivity index (χ0) is 65.3. The first-order valence-electron chi connectivity index (χ1n) is 30.2. The third kappa shape index (κ3) is 13.6. The van der Waals surface area contributed by atoms with Crippen LogP contribution in [0.1, 0.15) is 5.56 Å². The first-order chi connectivity index (χ1) is 44.6. The van der Waals surface area contributed by atoms with E-state index in [0.717, 1.165) is 50.6 Å². The molecule has 466 valence electrons. The van der Waals surface area contributed by atoms with Crippen LogP contribution < -0.4 is 81.9 Å². The van der Waals surface area contributed by atoms with Crippen LogP contribution in [-0.2, 0) is 39.0 Å². The van der Waals surface area contributed by atoms with E-state index in [1.165, 1.54) is 72.3 Å². The second-order valence-electron chi connectivity index (χ2n) is 25.3. The van der Waals surface area contributed by atoms with Gasteiger partial charge in [-0.1, -0.05) is 170 Å². The molecule has 0 saturated heterocycles. The number of aromatic nitrogens is 10. The summed E-state index contributed by atoms with van der Waals surface area (Å²) in [6, 6.07) is 37.7. The Hall–Kier alpha value is -8.87. The van der Waals surface area contributed by atoms with Crippen LogP contribution in [0.4, 0.5) is 0 Å². The average Bonchev–Trinajstić information content (AvgIpc) is 1.60. The summed E-state index contributed by atoms with van der Waals surface area (Å²) in [5, 5.41) is 78.4. The van der Waals surface area contributed by atoms with Gasteiger partial charge in [0.1, 0.15) is 66.7 Å². The largest absolute Gasteiger partial charge is 2.00 e. The van der Waals surface area contributed by atoms with Crippen molar-refractivity contribution >= 4 is 159 Å². The van der Waals surface area contributed by atoms with Crippen LogP contribution in [0.15, 0.2) is 199 Å². The molecule has 4 aliphatic heterocycles. The van der Waals surface area contributed by atoms with E-state index in [4.69, 9.17) is 8.83 Å². The van der Waals surface area contributed by atoms with Gasteiger partial charge in [-0.15, -0.1) is 0 Å². The molecule has 0 bridgehead atoms. The molecule has 99 heavy (non-hydrogen) atoms. The summed E-state index contributed by atoms with van der Waals surface area (Å²) < 4.78 is 10.8. The van der Waals surface area contributed by atoms with Crippen LogP contribution in [0.5, 0.6) is 34.5 Å². The van der Waals surface area contributed by atoms with Crippen molar-refractivity contribution in [3.63, 3.8) is 0 Å². The standard InChI is InChI=1S/C14H15NOSi.C13H13NOSi.2C12H12N2OSi.2C10H6N2O2.4Be.2Zn/c1-9-7-10(16)13-12(8-9)17(2,3)11-5-4-6-15-14(11)13;1-16(2)10-6-3-5-9(15)12(10)13-11(16)7-4-8-14-13;1-16(2)9-4-3-5-14-12(9)11-8(15)6-13-7-10(11)16;1-16(2)9-5-3-4-8(15)11(9)12-10(16)6-13-7-14-12;13-6-3-5-12-10-8(6)9-7(14-10)2-1-4-11-9;13-6-2-1-3-7-9(6)10-8(14-7)4-11-5-12-10;;;;;;/h4-8,16H,1-3H3;3-8,15H,1-2H3;2*3-7,15H,1-2H3;1-5H,(H,12,13);1-5,13H;;;;;;/q;;;;;;4*+2;;. The summed E-state index contributed by atoms with van der Waals surface area (Å²) in [6.07, 6.45) is 18.7. The molecule has 18 rings (SSSR count). The molecule has 4 aromatic carbocycles. The molecule has 0 aliphatic carbocycles. The van der Waals surface area contributed by atoms with E-state index in [1.807, 2.05) is 61.9 Å². The summed E-state index contributed by atoms with van der Waals surface area (Å²) in [4.78, 5) is 37.2. The van der Waals surface area contributed by atoms with Crippen LogP contribution in [-0.4, -0.2) is 113 Å². The SMILES string of the molecule is C[Si]1(C)c2cccnc2-c2c(O)cccc21.C[Si]1(C)c2cccnc2-c2c(O)cncc21.C[Si]1(C)c2cnc[nH+]c2-c2c([O-])cccc21.Cc1cc([O-])c2c(c1)[Si](C)(C)c1ccc[nH+]c1-2.[Be+2].[Be+2].[Be+2].[Be+2].[O-]c1cccc2oc3cnc[nH+]c3c12.[O-]c1ccnc2oc3ccc[nH+]c3c12.[Zn].[Zn]. The van der Waals surface area contributed by atoms with E-state index in [0.29, 0.717) is 50.0 Å². The molecule has 0 atom stereocenters. The van der Waals surface area contributed by atoms with Gasteiger partial charge in [0, 0.05) is 109 Å². The molecular formula is C71H64Be4N10O8Si4Zn2+8. The molecule has 10 aromatic heterocycles. The fraction of sp³-hybridized carbons (Fsp3) is 0.127. The molecule has 0 amide bonds. The quantitative estimate of drug-likeness (QED) is 0.206. The zero-order valence-electron chi connectivity index (χ0n) is 56.7. The predicted molar refractivity (Wildman–Crippen MR) is 384 cm³/mol. The number of furan rings is 2. The molecule has 6 N–H and O–H groups in total. The molecular weight excluding hydrogens is 1400 g/mol. The van der Waals surface area contributed by atoms with Crippen molar-refractivity contribution in [1.82, 2.24) is 29.9 Å². The Morgan fingerprint density at radius 2 is 0.899 bits per heavy atom. The summed E-state index contributed by atoms with van der Waals surface area (Å²) in [5.41, 5.74) is 12.3. The van der Waals surface area contributed by atoms with Crippen molar-refractivity contribution in [2.24, 2.45) is 0 Å². The number of nitrogens with zero attached hydrogens (tertiary/aromatic N) is 6. The Labute approximate surface area is 616 Å². The smallest absolute Gasteiger partial charge is 0.872 e. The second kappa shape index (κ2) is 30.3. The number of fused-ring (bicyclic) bond motifs is 18. The van der Waals surface area contributed by atoms with E-state index in [1.54, 1.807) is 67.5 Å². The molecule has 28 heteroatoms. The number of hydrogen-bond donors (Lipinski definition) is 2. The molecule has 14 aromatic rings. The van der Waals surface area contributed by atoms with Crippen molar-refractivity contribution < 1.29 is 98.4 Å². The number of hydrogen-bond acceptors (Lipinski definition) is 14. The molecule has 14 heterocycles. The van der Waals surface area contributed by atoms with E-state index in [-0.39, 0.29) is 108 Å². The van der Waals surface area contributed by atoms with Crippen LogP contribution >= 0.6 is 0 Å². The van der Waals surface area contributed by atoms with Crippen LogP contribution in [0, 0.1) is 6.92 Å². The third-order valence-electron chi connectivity index (χ3n) is 18.2. The van der Waals surface area contributed by atoms with Gasteiger partial charge in [0.25, 0.3) is 18.2 Å². The van der Waals surface area contributed by atoms with Crippen molar-refractivity contribution in [1.29, 1.82) is 0 Å². The van der Waals surface area contributed by atoms with Gasteiger partial charge >= 0.3 is 40.5 Å². The molecule has 0 spiro atoms. The number of H-pyrrole nitrogens is 4. The van der Waals surface area contributed by atoms with Crippen molar-refractivity contribution in [2.75, 3.05) is 0 Å². The molecule has 0 unspecified atom stereocenters. The maximum Gasteiger partial charge on any atom is 2.00 e. The maximum absolute atomic E-state index is 12.2. The number of aromatic amines is 4. The minimum absolute atomic E-state index is 0. The van der Waals surface area contributed by atoms with Crippen molar-refractivity contribution in [3.8, 4) is 79.5 Å². The fourth-order valence-corrected chi connectivity index (χ4v) is 25.2. The average molecular weight is 1460 g/mol. The summed E-state index contributed by atoms with van der Waals surface area (Å²) in [6.45, 7) is 20.3. The number of pyridine rings is 6. The molecule has 0 fully saturated rings. The van der Waals surface area contributed by atoms with Crippen molar-refractivity contribution in [2.45, 2.75) is 59.3 Å². The Morgan fingerprint density at radius 1 is 0.384 bits per heavy atom. The minimum atomic E-state index is -1.71. The van der Waals surface area contributed by atoms with Gasteiger partial charge in [-0.05, 0) is 68.4 Å². The molecule has 0 saturated carbocycles. The minimum Gasteiger partial charge on any atom is -0.872 e. The number of aromatic hydroxyl groups is 2. The van der Waals surface area contributed by atoms with Gasteiger partial charge in [-0.3, -0.25) is 15.0 Å². The third-order valence-corrected chi connectivity index (χ3v) is 32.1. The molecule has 0 radical (unpaired) electrons. The summed E-state index contributed by atoms with van der Waals surface area (Å²) >= 11 is 0. The topological polar surface area (TPSA) is 293 Å². The first kappa shape index (κ1) is 77.5. The van der Waals surface area contributed by atoms with E-state index in [9.17, 15) is 30.6 Å². The van der Waals surface area contributed by atoms with Crippen LogP contribution in [0.2, 0.25) is 52.4 Å². The molecule has 4 aliphatic rings. The van der Waals surface area contributed by atoms with Gasteiger partial charge in [-0.2, -0.15) is 0 Å². The maximum atomic E-state index is 12.2. The number of nitrogens with one attached hydrogen (secondary N) is 4. The van der Waals surface area contributed by atoms with Gasteiger partial charge in [0.2, 0.25) is 22.6 Å². The Balaban J connectivity index is 0.000000165. The van der Waals surface area contributed by atoms with E-state index < -0.39 is 32.3 Å². The number of aryl methyl sites for hydroxylation is 1. The molecule has 18 nitrogen and oxygen atoms in total. The van der Waals surface area contributed by atoms with Crippen LogP contribution in [0.25, 0.3) is 89.3 Å². The normalized spacial score (nSPS) is 13.4. The summed E-state index contributed by atoms with van der Waals surface area (Å²) in [7, 11) is -6.72. The van der Waals surface area contributed by atoms with Gasteiger partial charge in [0.05, 0.1) is 23.0 Å². The van der Waals surface area contributed by atoms with Gasteiger partial charge < -0.3 is 39.5 Å². The predicted octanol–water partition coefficient (Wildman–Crippen LogP) is 3.24. The Morgan fingerprint density at radius 3 is 1.62 bits per heavy atom. The number of phenolic OH excluding ortho intramolecular Hbond substituents is 1. The Kier molecular flexibility index (Phi) is 23.7. The monoisotopic (exact) mass is 1460 g/mol. The van der Waals surface area contributed by atoms with E-state index >= 15 is 0 Å². The Bertz CT molecular complexity index is 4950. The number of phenols is 1. The van der Waals surface area contributed by atoms with Gasteiger partial charge in [0.15, 0.2) is 24.1 Å².